The van der Waals surface area contributed by atoms with Crippen LogP contribution < -0.4 is 11.3 Å². The fourth-order valence-corrected chi connectivity index (χ4v) is 2.64. The number of hydrogen-bond donors (Lipinski definition) is 2. The molecule has 0 aliphatic heterocycles. The first-order valence-corrected chi connectivity index (χ1v) is 6.45. The Bertz CT molecular complexity index is 585. The Kier molecular flexibility index (Phi) is 3.49. The van der Waals surface area contributed by atoms with Gasteiger partial charge >= 0.3 is 0 Å². The number of carbonyl (C=O) groups excluding carboxylic acids is 1. The van der Waals surface area contributed by atoms with Gasteiger partial charge in [-0.2, -0.15) is 5.10 Å². The lowest BCUT2D eigenvalue weighted by molar-refractivity contribution is 0.0957. The van der Waals surface area contributed by atoms with E-state index in [4.69, 9.17) is 5.84 Å². The third-order valence-corrected chi connectivity index (χ3v) is 4.13. The average Bonchev–Trinajstić information content (AvgIpc) is 2.91. The molecule has 6 heteroatoms. The molecule has 5 nitrogen and oxygen atoms in total. The lowest BCUT2D eigenvalue weighted by atomic mass is 10.2. The third kappa shape index (κ3) is 2.30. The predicted octanol–water partition coefficient (Wildman–Crippen LogP) is 1.52. The van der Waals surface area contributed by atoms with Gasteiger partial charge in [-0.3, -0.25) is 14.9 Å². The van der Waals surface area contributed by atoms with E-state index in [9.17, 15) is 4.79 Å². The molecule has 0 unspecified atom stereocenters. The zero-order valence-corrected chi connectivity index (χ0v) is 11.5. The summed E-state index contributed by atoms with van der Waals surface area (Å²) in [6.07, 6.45) is 0. The van der Waals surface area contributed by atoms with Gasteiger partial charge < -0.3 is 0 Å². The number of nitrogens with two attached hydrogens (primary N) is 1. The Morgan fingerprint density at radius 3 is 2.72 bits per heavy atom. The van der Waals surface area contributed by atoms with Crippen molar-refractivity contribution in [2.45, 2.75) is 27.3 Å². The van der Waals surface area contributed by atoms with E-state index in [0.29, 0.717) is 11.4 Å². The number of aryl methyl sites for hydroxylation is 1. The molecule has 0 spiro atoms. The first-order valence-electron chi connectivity index (χ1n) is 5.63. The minimum Gasteiger partial charge on any atom is -0.289 e. The molecule has 0 aliphatic carbocycles. The van der Waals surface area contributed by atoms with Crippen molar-refractivity contribution in [3.8, 4) is 0 Å². The molecule has 0 radical (unpaired) electrons. The Labute approximate surface area is 110 Å². The predicted molar refractivity (Wildman–Crippen MR) is 71.5 cm³/mol. The smallest absolute Gasteiger partial charge is 0.275 e. The van der Waals surface area contributed by atoms with Crippen molar-refractivity contribution in [1.82, 2.24) is 15.2 Å². The van der Waals surface area contributed by atoms with Gasteiger partial charge in [-0.05, 0) is 38.5 Å². The van der Waals surface area contributed by atoms with Crippen molar-refractivity contribution in [3.05, 3.63) is 38.8 Å². The van der Waals surface area contributed by atoms with Crippen molar-refractivity contribution < 1.29 is 4.79 Å². The monoisotopic (exact) mass is 264 g/mol. The Balaban J connectivity index is 2.21. The van der Waals surface area contributed by atoms with Crippen molar-refractivity contribution in [2.75, 3.05) is 0 Å². The first kappa shape index (κ1) is 12.8. The Morgan fingerprint density at radius 1 is 1.44 bits per heavy atom. The maximum atomic E-state index is 11.4. The van der Waals surface area contributed by atoms with Crippen LogP contribution in [0.25, 0.3) is 0 Å². The van der Waals surface area contributed by atoms with Crippen molar-refractivity contribution in [1.29, 1.82) is 0 Å². The Hall–Kier alpha value is -1.66. The van der Waals surface area contributed by atoms with E-state index in [0.717, 1.165) is 16.3 Å². The van der Waals surface area contributed by atoms with Crippen LogP contribution in [0.15, 0.2) is 12.1 Å². The number of nitrogens with one attached hydrogen (secondary N) is 1. The quantitative estimate of drug-likeness (QED) is 0.501. The maximum absolute atomic E-state index is 11.4. The van der Waals surface area contributed by atoms with Crippen LogP contribution in [0.1, 0.15) is 31.5 Å². The molecular weight excluding hydrogens is 248 g/mol. The topological polar surface area (TPSA) is 72.9 Å². The third-order valence-electron chi connectivity index (χ3n) is 3.07. The van der Waals surface area contributed by atoms with E-state index in [1.807, 2.05) is 17.7 Å². The lowest BCUT2D eigenvalue weighted by Crippen LogP contribution is -2.29. The van der Waals surface area contributed by atoms with Crippen LogP contribution in [0.2, 0.25) is 0 Å². The van der Waals surface area contributed by atoms with E-state index in [1.54, 1.807) is 6.07 Å². The Morgan fingerprint density at radius 2 is 2.17 bits per heavy atom. The molecule has 0 aromatic carbocycles. The summed E-state index contributed by atoms with van der Waals surface area (Å²) in [5, 5.41) is 4.48. The maximum Gasteiger partial charge on any atom is 0.275 e. The van der Waals surface area contributed by atoms with Crippen LogP contribution in [-0.2, 0) is 6.54 Å². The summed E-state index contributed by atoms with van der Waals surface area (Å²) in [4.78, 5) is 13.1. The second-order valence-corrected chi connectivity index (χ2v) is 5.36. The molecule has 0 aliphatic rings. The number of carbonyl (C=O) groups is 1. The minimum absolute atomic E-state index is 0.254. The standard InChI is InChI=1S/C12H16N4OS/c1-7-8(2)15-16(9(7)3)6-10-4-5-11(18-10)12(17)14-13/h4-5H,6,13H2,1-3H3,(H,14,17). The van der Waals surface area contributed by atoms with Gasteiger partial charge in [0.15, 0.2) is 0 Å². The molecule has 2 rings (SSSR count). The highest BCUT2D eigenvalue weighted by Gasteiger charge is 2.11. The highest BCUT2D eigenvalue weighted by Crippen LogP contribution is 2.19. The number of amides is 1. The van der Waals surface area contributed by atoms with Crippen LogP contribution >= 0.6 is 11.3 Å². The van der Waals surface area contributed by atoms with E-state index >= 15 is 0 Å². The van der Waals surface area contributed by atoms with Crippen LogP contribution in [0.5, 0.6) is 0 Å². The molecule has 0 bridgehead atoms. The molecule has 1 amide bonds. The van der Waals surface area contributed by atoms with Crippen LogP contribution in [-0.4, -0.2) is 15.7 Å². The number of thiophene rings is 1. The summed E-state index contributed by atoms with van der Waals surface area (Å²) in [5.41, 5.74) is 5.55. The zero-order chi connectivity index (χ0) is 13.3. The normalized spacial score (nSPS) is 10.7. The summed E-state index contributed by atoms with van der Waals surface area (Å²) < 4.78 is 1.96. The molecule has 2 heterocycles. The zero-order valence-electron chi connectivity index (χ0n) is 10.7. The summed E-state index contributed by atoms with van der Waals surface area (Å²) >= 11 is 1.43. The second kappa shape index (κ2) is 4.91. The van der Waals surface area contributed by atoms with Crippen LogP contribution in [0.3, 0.4) is 0 Å². The molecule has 0 fully saturated rings. The summed E-state index contributed by atoms with van der Waals surface area (Å²) in [6, 6.07) is 3.71. The van der Waals surface area contributed by atoms with E-state index < -0.39 is 0 Å². The molecule has 0 saturated carbocycles. The van der Waals surface area contributed by atoms with Gasteiger partial charge in [0.05, 0.1) is 17.1 Å². The van der Waals surface area contributed by atoms with Crippen molar-refractivity contribution >= 4 is 17.2 Å². The fourth-order valence-electron chi connectivity index (χ4n) is 1.74. The van der Waals surface area contributed by atoms with Gasteiger partial charge in [-0.1, -0.05) is 0 Å². The first-order chi connectivity index (χ1) is 8.52. The van der Waals surface area contributed by atoms with E-state index in [-0.39, 0.29) is 5.91 Å². The van der Waals surface area contributed by atoms with E-state index in [2.05, 4.69) is 24.4 Å². The van der Waals surface area contributed by atoms with Crippen LogP contribution in [0.4, 0.5) is 0 Å². The molecular formula is C12H16N4OS. The molecule has 18 heavy (non-hydrogen) atoms. The van der Waals surface area contributed by atoms with Gasteiger partial charge in [0, 0.05) is 10.6 Å². The molecule has 3 N–H and O–H groups in total. The number of hydrazine groups is 1. The fraction of sp³-hybridized carbons (Fsp3) is 0.333. The highest BCUT2D eigenvalue weighted by atomic mass is 32.1. The summed E-state index contributed by atoms with van der Waals surface area (Å²) in [5.74, 6) is 4.85. The summed E-state index contributed by atoms with van der Waals surface area (Å²) in [6.45, 7) is 6.80. The van der Waals surface area contributed by atoms with Gasteiger partial charge in [-0.25, -0.2) is 5.84 Å². The number of nitrogen functional groups attached to an aromatic ring is 1. The van der Waals surface area contributed by atoms with Gasteiger partial charge in [0.25, 0.3) is 5.91 Å². The van der Waals surface area contributed by atoms with Crippen molar-refractivity contribution in [2.24, 2.45) is 5.84 Å². The number of aromatic nitrogens is 2. The summed E-state index contributed by atoms with van der Waals surface area (Å²) in [7, 11) is 0. The number of hydrogen-bond acceptors (Lipinski definition) is 4. The van der Waals surface area contributed by atoms with Gasteiger partial charge in [0.2, 0.25) is 0 Å². The lowest BCUT2D eigenvalue weighted by Gasteiger charge is -2.02. The largest absolute Gasteiger partial charge is 0.289 e. The van der Waals surface area contributed by atoms with Crippen LogP contribution in [0, 0.1) is 20.8 Å². The van der Waals surface area contributed by atoms with Gasteiger partial charge in [-0.15, -0.1) is 11.3 Å². The minimum atomic E-state index is -0.254. The molecule has 0 atom stereocenters. The molecule has 2 aromatic heterocycles. The van der Waals surface area contributed by atoms with Crippen molar-refractivity contribution in [3.63, 3.8) is 0 Å². The number of rotatable bonds is 3. The molecule has 96 valence electrons. The molecule has 2 aromatic rings. The highest BCUT2D eigenvalue weighted by molar-refractivity contribution is 7.14. The molecule has 0 saturated heterocycles. The van der Waals surface area contributed by atoms with Gasteiger partial charge in [0.1, 0.15) is 0 Å². The SMILES string of the molecule is Cc1nn(Cc2ccc(C(=O)NN)s2)c(C)c1C. The number of nitrogens with zero attached hydrogens (tertiary/aromatic N) is 2. The average molecular weight is 264 g/mol. The second-order valence-electron chi connectivity index (χ2n) is 4.19. The van der Waals surface area contributed by atoms with E-state index in [1.165, 1.54) is 16.9 Å².